The molecule has 0 radical (unpaired) electrons. The zero-order chi connectivity index (χ0) is 26.7. The van der Waals surface area contributed by atoms with E-state index in [1.165, 1.54) is 12.1 Å². The molecule has 0 bridgehead atoms. The van der Waals surface area contributed by atoms with Gasteiger partial charge in [0.25, 0.3) is 15.9 Å². The van der Waals surface area contributed by atoms with Crippen molar-refractivity contribution in [1.29, 1.82) is 0 Å². The van der Waals surface area contributed by atoms with Gasteiger partial charge in [0, 0.05) is 11.8 Å². The van der Waals surface area contributed by atoms with Crippen molar-refractivity contribution in [2.24, 2.45) is 0 Å². The van der Waals surface area contributed by atoms with Crippen LogP contribution in [0.1, 0.15) is 15.9 Å². The number of nitrogens with one attached hydrogen (secondary N) is 2. The molecule has 0 heterocycles. The summed E-state index contributed by atoms with van der Waals surface area (Å²) in [4.78, 5) is 23.6. The van der Waals surface area contributed by atoms with E-state index >= 15 is 0 Å². The van der Waals surface area contributed by atoms with Crippen LogP contribution < -0.4 is 10.0 Å². The van der Waals surface area contributed by atoms with Crippen LogP contribution in [-0.2, 0) is 25.7 Å². The highest BCUT2D eigenvalue weighted by Gasteiger charge is 2.33. The van der Waals surface area contributed by atoms with E-state index in [0.717, 1.165) is 30.3 Å². The Labute approximate surface area is 205 Å². The molecule has 3 rings (SSSR count). The van der Waals surface area contributed by atoms with Gasteiger partial charge < -0.3 is 10.1 Å². The molecule has 3 aromatic carbocycles. The Morgan fingerprint density at radius 1 is 0.972 bits per heavy atom. The van der Waals surface area contributed by atoms with E-state index in [2.05, 4.69) is 5.32 Å². The molecule has 0 spiro atoms. The lowest BCUT2D eigenvalue weighted by Crippen LogP contribution is -2.22. The highest BCUT2D eigenvalue weighted by molar-refractivity contribution is 7.92. The minimum atomic E-state index is -4.77. The second-order valence-corrected chi connectivity index (χ2v) is 9.10. The summed E-state index contributed by atoms with van der Waals surface area (Å²) in [7, 11) is -4.59. The van der Waals surface area contributed by atoms with Gasteiger partial charge >= 0.3 is 12.1 Å². The van der Waals surface area contributed by atoms with Gasteiger partial charge in [-0.1, -0.05) is 23.7 Å². The fourth-order valence-electron chi connectivity index (χ4n) is 2.87. The largest absolute Gasteiger partial charge is 0.452 e. The predicted octanol–water partition coefficient (Wildman–Crippen LogP) is 5.23. The van der Waals surface area contributed by atoms with Crippen LogP contribution in [0.5, 0.6) is 0 Å². The Balaban J connectivity index is 1.71. The van der Waals surface area contributed by atoms with Gasteiger partial charge in [0.1, 0.15) is 16.5 Å². The van der Waals surface area contributed by atoms with Crippen molar-refractivity contribution in [3.05, 3.63) is 88.4 Å². The summed E-state index contributed by atoms with van der Waals surface area (Å²) in [6.07, 6.45) is -4.77. The van der Waals surface area contributed by atoms with Crippen LogP contribution in [0, 0.1) is 11.6 Å². The summed E-state index contributed by atoms with van der Waals surface area (Å²) >= 11 is 5.51. The van der Waals surface area contributed by atoms with Crippen molar-refractivity contribution in [1.82, 2.24) is 0 Å². The van der Waals surface area contributed by atoms with Crippen LogP contribution in [0.4, 0.5) is 33.3 Å². The van der Waals surface area contributed by atoms with Crippen LogP contribution in [0.3, 0.4) is 0 Å². The molecular formula is C22H14ClF5N2O5S. The van der Waals surface area contributed by atoms with Crippen molar-refractivity contribution < 1.29 is 44.7 Å². The van der Waals surface area contributed by atoms with Crippen molar-refractivity contribution in [3.8, 4) is 0 Å². The monoisotopic (exact) mass is 548 g/mol. The number of sulfonamides is 1. The molecule has 0 fully saturated rings. The molecule has 0 aliphatic heterocycles. The maximum atomic E-state index is 13.9. The maximum absolute atomic E-state index is 13.9. The molecule has 3 aromatic rings. The summed E-state index contributed by atoms with van der Waals surface area (Å²) in [6, 6.07) is 9.42. The van der Waals surface area contributed by atoms with E-state index in [-0.39, 0.29) is 16.9 Å². The number of carbonyl (C=O) groups is 2. The lowest BCUT2D eigenvalue weighted by molar-refractivity contribution is -0.137. The Hall–Kier alpha value is -3.71. The number of benzene rings is 3. The molecule has 1 amide bonds. The van der Waals surface area contributed by atoms with Crippen molar-refractivity contribution in [2.75, 3.05) is 16.6 Å². The standard InChI is InChI=1S/C22H14ClF5N2O5S/c23-16-7-6-13(10-15(16)22(26,27)28)29-20(31)11-35-21(32)14-3-1-2-4-18(14)30-36(33,34)19-8-5-12(24)9-17(19)25/h1-10,30H,11H2,(H,29,31). The molecule has 0 aromatic heterocycles. The topological polar surface area (TPSA) is 102 Å². The van der Waals surface area contributed by atoms with Crippen LogP contribution in [0.25, 0.3) is 0 Å². The highest BCUT2D eigenvalue weighted by atomic mass is 35.5. The maximum Gasteiger partial charge on any atom is 0.417 e. The Morgan fingerprint density at radius 2 is 1.67 bits per heavy atom. The van der Waals surface area contributed by atoms with E-state index in [9.17, 15) is 40.0 Å². The molecule has 0 saturated heterocycles. The lowest BCUT2D eigenvalue weighted by atomic mass is 10.2. The third-order valence-electron chi connectivity index (χ3n) is 4.46. The van der Waals surface area contributed by atoms with Crippen molar-refractivity contribution in [2.45, 2.75) is 11.1 Å². The average molecular weight is 549 g/mol. The van der Waals surface area contributed by atoms with Gasteiger partial charge in [0.2, 0.25) is 0 Å². The first kappa shape index (κ1) is 26.9. The number of ether oxygens (including phenoxy) is 1. The molecule has 190 valence electrons. The van der Waals surface area contributed by atoms with E-state index in [1.807, 2.05) is 4.72 Å². The van der Waals surface area contributed by atoms with E-state index in [0.29, 0.717) is 18.2 Å². The molecule has 0 unspecified atom stereocenters. The summed E-state index contributed by atoms with van der Waals surface area (Å²) in [5.41, 5.74) is -2.14. The lowest BCUT2D eigenvalue weighted by Gasteiger charge is -2.13. The number of alkyl halides is 3. The first-order chi connectivity index (χ1) is 16.8. The summed E-state index contributed by atoms with van der Waals surface area (Å²) in [5.74, 6) is -4.53. The third kappa shape index (κ3) is 6.49. The minimum Gasteiger partial charge on any atom is -0.452 e. The molecule has 0 aliphatic carbocycles. The van der Waals surface area contributed by atoms with E-state index in [4.69, 9.17) is 16.3 Å². The second kappa shape index (κ2) is 10.5. The van der Waals surface area contributed by atoms with Gasteiger partial charge in [-0.05, 0) is 42.5 Å². The fraction of sp³-hybridized carbons (Fsp3) is 0.0909. The van der Waals surface area contributed by atoms with Crippen LogP contribution in [0.15, 0.2) is 65.6 Å². The molecule has 7 nitrogen and oxygen atoms in total. The molecule has 2 N–H and O–H groups in total. The highest BCUT2D eigenvalue weighted by Crippen LogP contribution is 2.36. The van der Waals surface area contributed by atoms with Gasteiger partial charge in [-0.15, -0.1) is 0 Å². The van der Waals surface area contributed by atoms with Crippen LogP contribution >= 0.6 is 11.6 Å². The van der Waals surface area contributed by atoms with Crippen LogP contribution in [0.2, 0.25) is 5.02 Å². The average Bonchev–Trinajstić information content (AvgIpc) is 2.78. The van der Waals surface area contributed by atoms with Gasteiger partial charge in [0.05, 0.1) is 21.8 Å². The molecule has 0 saturated carbocycles. The van der Waals surface area contributed by atoms with Gasteiger partial charge in [-0.25, -0.2) is 22.0 Å². The number of anilines is 2. The fourth-order valence-corrected chi connectivity index (χ4v) is 4.23. The quantitative estimate of drug-likeness (QED) is 0.311. The number of rotatable bonds is 7. The first-order valence-corrected chi connectivity index (χ1v) is 11.5. The summed E-state index contributed by atoms with van der Waals surface area (Å²) in [6.45, 7) is -0.934. The number of esters is 1. The number of carbonyl (C=O) groups excluding carboxylic acids is 2. The van der Waals surface area contributed by atoms with Gasteiger partial charge in [-0.2, -0.15) is 13.2 Å². The Morgan fingerprint density at radius 3 is 2.33 bits per heavy atom. The van der Waals surface area contributed by atoms with Crippen LogP contribution in [-0.4, -0.2) is 26.9 Å². The Kier molecular flexibility index (Phi) is 7.84. The zero-order valence-electron chi connectivity index (χ0n) is 17.7. The summed E-state index contributed by atoms with van der Waals surface area (Å²) in [5, 5.41) is 1.54. The second-order valence-electron chi connectivity index (χ2n) is 7.04. The third-order valence-corrected chi connectivity index (χ3v) is 6.19. The summed E-state index contributed by atoms with van der Waals surface area (Å²) < 4.78 is 97.8. The molecule has 0 aliphatic rings. The van der Waals surface area contributed by atoms with Crippen molar-refractivity contribution in [3.63, 3.8) is 0 Å². The molecule has 36 heavy (non-hydrogen) atoms. The van der Waals surface area contributed by atoms with E-state index < -0.39 is 61.8 Å². The number of halogens is 6. The number of amides is 1. The van der Waals surface area contributed by atoms with Gasteiger partial charge in [0.15, 0.2) is 6.61 Å². The number of hydrogen-bond acceptors (Lipinski definition) is 5. The molecule has 0 atom stereocenters. The first-order valence-electron chi connectivity index (χ1n) is 9.68. The molecule has 14 heteroatoms. The molecular weight excluding hydrogens is 535 g/mol. The predicted molar refractivity (Wildman–Crippen MR) is 119 cm³/mol. The minimum absolute atomic E-state index is 0.262. The smallest absolute Gasteiger partial charge is 0.417 e. The normalized spacial score (nSPS) is 11.6. The SMILES string of the molecule is O=C(COC(=O)c1ccccc1NS(=O)(=O)c1ccc(F)cc1F)Nc1ccc(Cl)c(C(F)(F)F)c1. The Bertz CT molecular complexity index is 1430. The van der Waals surface area contributed by atoms with Gasteiger partial charge in [-0.3, -0.25) is 9.52 Å². The number of para-hydroxylation sites is 1. The van der Waals surface area contributed by atoms with E-state index in [1.54, 1.807) is 0 Å². The van der Waals surface area contributed by atoms with Crippen molar-refractivity contribution >= 4 is 44.9 Å². The number of hydrogen-bond donors (Lipinski definition) is 2. The zero-order valence-corrected chi connectivity index (χ0v) is 19.3.